The van der Waals surface area contributed by atoms with Crippen molar-refractivity contribution in [2.45, 2.75) is 46.8 Å². The third kappa shape index (κ3) is 6.75. The van der Waals surface area contributed by atoms with Gasteiger partial charge >= 0.3 is 0 Å². The summed E-state index contributed by atoms with van der Waals surface area (Å²) < 4.78 is 12.4. The fraction of sp³-hybridized carbons (Fsp3) is 0.409. The SMILES string of the molecule is COc1cc(Br)cc(CNc2cccc(NC(=O)CC(C)C)c2)c1OC(C)C. The van der Waals surface area contributed by atoms with Crippen LogP contribution in [0.3, 0.4) is 0 Å². The fourth-order valence-corrected chi connectivity index (χ4v) is 3.25. The molecule has 2 aromatic rings. The van der Waals surface area contributed by atoms with Crippen molar-refractivity contribution in [2.24, 2.45) is 5.92 Å². The van der Waals surface area contributed by atoms with E-state index in [0.29, 0.717) is 24.6 Å². The molecule has 0 spiro atoms. The maximum absolute atomic E-state index is 12.0. The molecular weight excluding hydrogens is 420 g/mol. The number of ether oxygens (including phenoxy) is 2. The van der Waals surface area contributed by atoms with Gasteiger partial charge in [-0.05, 0) is 50.1 Å². The molecule has 6 heteroatoms. The molecule has 2 aromatic carbocycles. The average Bonchev–Trinajstić information content (AvgIpc) is 2.60. The van der Waals surface area contributed by atoms with Crippen molar-refractivity contribution >= 4 is 33.2 Å². The van der Waals surface area contributed by atoms with Crippen molar-refractivity contribution in [3.05, 3.63) is 46.4 Å². The third-order valence-electron chi connectivity index (χ3n) is 3.89. The Morgan fingerprint density at radius 2 is 1.82 bits per heavy atom. The molecule has 0 aliphatic carbocycles. The molecule has 0 saturated heterocycles. The van der Waals surface area contributed by atoms with Crippen LogP contribution in [0.4, 0.5) is 11.4 Å². The van der Waals surface area contributed by atoms with E-state index in [2.05, 4.69) is 26.6 Å². The highest BCUT2D eigenvalue weighted by Crippen LogP contribution is 2.36. The molecule has 0 bridgehead atoms. The summed E-state index contributed by atoms with van der Waals surface area (Å²) in [6.07, 6.45) is 0.541. The van der Waals surface area contributed by atoms with Gasteiger partial charge in [-0.2, -0.15) is 0 Å². The van der Waals surface area contributed by atoms with Crippen LogP contribution in [0.25, 0.3) is 0 Å². The van der Waals surface area contributed by atoms with Gasteiger partial charge in [0.2, 0.25) is 5.91 Å². The van der Waals surface area contributed by atoms with Gasteiger partial charge in [-0.15, -0.1) is 0 Å². The molecule has 0 radical (unpaired) electrons. The minimum Gasteiger partial charge on any atom is -0.493 e. The largest absolute Gasteiger partial charge is 0.493 e. The minimum absolute atomic E-state index is 0.0245. The molecule has 2 N–H and O–H groups in total. The molecular formula is C22H29BrN2O3. The second-order valence-corrected chi connectivity index (χ2v) is 8.26. The quantitative estimate of drug-likeness (QED) is 0.505. The van der Waals surface area contributed by atoms with E-state index < -0.39 is 0 Å². The Hall–Kier alpha value is -2.21. The first kappa shape index (κ1) is 22.1. The molecule has 0 atom stereocenters. The van der Waals surface area contributed by atoms with E-state index in [1.54, 1.807) is 7.11 Å². The molecule has 0 heterocycles. The normalized spacial score (nSPS) is 10.9. The second kappa shape index (κ2) is 10.4. The maximum Gasteiger partial charge on any atom is 0.224 e. The van der Waals surface area contributed by atoms with Crippen LogP contribution in [0.1, 0.15) is 39.7 Å². The smallest absolute Gasteiger partial charge is 0.224 e. The maximum atomic E-state index is 12.0. The van der Waals surface area contributed by atoms with Crippen LogP contribution in [0, 0.1) is 5.92 Å². The highest BCUT2D eigenvalue weighted by Gasteiger charge is 2.14. The van der Waals surface area contributed by atoms with Gasteiger partial charge in [0.1, 0.15) is 0 Å². The van der Waals surface area contributed by atoms with Crippen molar-refractivity contribution < 1.29 is 14.3 Å². The van der Waals surface area contributed by atoms with E-state index in [1.165, 1.54) is 0 Å². The number of methoxy groups -OCH3 is 1. The Morgan fingerprint density at radius 3 is 2.46 bits per heavy atom. The number of rotatable bonds is 9. The summed E-state index contributed by atoms with van der Waals surface area (Å²) in [5, 5.41) is 6.35. The van der Waals surface area contributed by atoms with Crippen LogP contribution in [0.2, 0.25) is 0 Å². The monoisotopic (exact) mass is 448 g/mol. The van der Waals surface area contributed by atoms with Gasteiger partial charge in [-0.3, -0.25) is 4.79 Å². The third-order valence-corrected chi connectivity index (χ3v) is 4.35. The minimum atomic E-state index is 0.0245. The number of carbonyl (C=O) groups is 1. The number of hydrogen-bond donors (Lipinski definition) is 2. The summed E-state index contributed by atoms with van der Waals surface area (Å²) in [4.78, 5) is 12.0. The molecule has 0 fully saturated rings. The lowest BCUT2D eigenvalue weighted by Gasteiger charge is -2.19. The molecule has 0 unspecified atom stereocenters. The first-order valence-corrected chi connectivity index (χ1v) is 10.2. The van der Waals surface area contributed by atoms with E-state index in [1.807, 2.05) is 64.1 Å². The van der Waals surface area contributed by atoms with Gasteiger partial charge in [0.25, 0.3) is 0 Å². The average molecular weight is 449 g/mol. The number of carbonyl (C=O) groups excluding carboxylic acids is 1. The molecule has 28 heavy (non-hydrogen) atoms. The Labute approximate surface area is 175 Å². The Kier molecular flexibility index (Phi) is 8.18. The lowest BCUT2D eigenvalue weighted by Crippen LogP contribution is -2.14. The molecule has 0 saturated carbocycles. The first-order valence-electron chi connectivity index (χ1n) is 9.45. The molecule has 0 aliphatic rings. The van der Waals surface area contributed by atoms with Crippen LogP contribution in [0.15, 0.2) is 40.9 Å². The standard InChI is InChI=1S/C22H29BrN2O3/c1-14(2)9-21(26)25-19-8-6-7-18(12-19)24-13-16-10-17(23)11-20(27-5)22(16)28-15(3)4/h6-8,10-12,14-15,24H,9,13H2,1-5H3,(H,25,26). The predicted octanol–water partition coefficient (Wildman–Crippen LogP) is 5.84. The summed E-state index contributed by atoms with van der Waals surface area (Å²) in [6, 6.07) is 11.6. The van der Waals surface area contributed by atoms with Gasteiger partial charge < -0.3 is 20.1 Å². The van der Waals surface area contributed by atoms with Gasteiger partial charge in [0.15, 0.2) is 11.5 Å². The summed E-state index contributed by atoms with van der Waals surface area (Å²) in [5.41, 5.74) is 2.67. The van der Waals surface area contributed by atoms with Gasteiger partial charge in [-0.1, -0.05) is 35.8 Å². The van der Waals surface area contributed by atoms with E-state index in [-0.39, 0.29) is 12.0 Å². The van der Waals surface area contributed by atoms with E-state index >= 15 is 0 Å². The topological polar surface area (TPSA) is 59.6 Å². The number of amides is 1. The molecule has 152 valence electrons. The number of nitrogens with one attached hydrogen (secondary N) is 2. The number of benzene rings is 2. The van der Waals surface area contributed by atoms with E-state index in [9.17, 15) is 4.79 Å². The molecule has 2 rings (SSSR count). The number of halogens is 1. The van der Waals surface area contributed by atoms with Gasteiger partial charge in [0, 0.05) is 34.4 Å². The highest BCUT2D eigenvalue weighted by molar-refractivity contribution is 9.10. The van der Waals surface area contributed by atoms with E-state index in [4.69, 9.17) is 9.47 Å². The van der Waals surface area contributed by atoms with Gasteiger partial charge in [0.05, 0.1) is 13.2 Å². The zero-order valence-electron chi connectivity index (χ0n) is 17.1. The van der Waals surface area contributed by atoms with Crippen molar-refractivity contribution in [3.8, 4) is 11.5 Å². The van der Waals surface area contributed by atoms with Crippen LogP contribution >= 0.6 is 15.9 Å². The van der Waals surface area contributed by atoms with Crippen LogP contribution in [-0.2, 0) is 11.3 Å². The summed E-state index contributed by atoms with van der Waals surface area (Å²) >= 11 is 3.53. The molecule has 5 nitrogen and oxygen atoms in total. The van der Waals surface area contributed by atoms with Crippen molar-refractivity contribution in [1.82, 2.24) is 0 Å². The van der Waals surface area contributed by atoms with E-state index in [0.717, 1.165) is 27.2 Å². The fourth-order valence-electron chi connectivity index (χ4n) is 2.76. The Morgan fingerprint density at radius 1 is 1.11 bits per heavy atom. The Balaban J connectivity index is 2.14. The molecule has 0 aromatic heterocycles. The predicted molar refractivity (Wildman–Crippen MR) is 118 cm³/mol. The first-order chi connectivity index (χ1) is 13.3. The highest BCUT2D eigenvalue weighted by atomic mass is 79.9. The van der Waals surface area contributed by atoms with Crippen molar-refractivity contribution in [2.75, 3.05) is 17.7 Å². The molecule has 1 amide bonds. The lowest BCUT2D eigenvalue weighted by atomic mass is 10.1. The second-order valence-electron chi connectivity index (χ2n) is 7.34. The van der Waals surface area contributed by atoms with Crippen molar-refractivity contribution in [3.63, 3.8) is 0 Å². The van der Waals surface area contributed by atoms with Crippen molar-refractivity contribution in [1.29, 1.82) is 0 Å². The molecule has 0 aliphatic heterocycles. The lowest BCUT2D eigenvalue weighted by molar-refractivity contribution is -0.116. The summed E-state index contributed by atoms with van der Waals surface area (Å²) in [5.74, 6) is 1.77. The summed E-state index contributed by atoms with van der Waals surface area (Å²) in [7, 11) is 1.63. The van der Waals surface area contributed by atoms with Crippen LogP contribution in [-0.4, -0.2) is 19.1 Å². The van der Waals surface area contributed by atoms with Gasteiger partial charge in [-0.25, -0.2) is 0 Å². The summed E-state index contributed by atoms with van der Waals surface area (Å²) in [6.45, 7) is 8.59. The number of hydrogen-bond acceptors (Lipinski definition) is 4. The zero-order chi connectivity index (χ0) is 20.7. The Bertz CT molecular complexity index is 806. The zero-order valence-corrected chi connectivity index (χ0v) is 18.7. The van der Waals surface area contributed by atoms with Crippen LogP contribution < -0.4 is 20.1 Å². The number of anilines is 2. The van der Waals surface area contributed by atoms with Crippen LogP contribution in [0.5, 0.6) is 11.5 Å².